The molecule has 9 heteroatoms. The fourth-order valence-electron chi connectivity index (χ4n) is 1.42. The zero-order valence-electron chi connectivity index (χ0n) is 9.87. The molecule has 0 atom stereocenters. The molecule has 0 unspecified atom stereocenters. The van der Waals surface area contributed by atoms with Crippen LogP contribution in [-0.2, 0) is 6.18 Å². The number of para-hydroxylation sites is 1. The van der Waals surface area contributed by atoms with Crippen LogP contribution in [0, 0.1) is 5.82 Å². The standard InChI is InChI=1S/C11H9F4N5/c12-6-3-1-2-4-7(6)17-9-5-8(11(13,14)15)18-10(19-9)20-16/h1-5H,16H2,(H2,17,18,19,20). The van der Waals surface area contributed by atoms with E-state index in [1.807, 2.05) is 5.43 Å². The summed E-state index contributed by atoms with van der Waals surface area (Å²) in [6.45, 7) is 0. The Hall–Kier alpha value is -2.42. The van der Waals surface area contributed by atoms with Crippen LogP contribution < -0.4 is 16.6 Å². The van der Waals surface area contributed by atoms with Crippen molar-refractivity contribution in [2.24, 2.45) is 5.84 Å². The highest BCUT2D eigenvalue weighted by Crippen LogP contribution is 2.30. The lowest BCUT2D eigenvalue weighted by atomic mass is 10.3. The molecule has 106 valence electrons. The number of alkyl halides is 3. The Labute approximate surface area is 110 Å². The van der Waals surface area contributed by atoms with Gasteiger partial charge in [-0.2, -0.15) is 18.2 Å². The molecule has 0 aliphatic rings. The van der Waals surface area contributed by atoms with Crippen molar-refractivity contribution in [2.75, 3.05) is 10.7 Å². The molecule has 0 fully saturated rings. The zero-order chi connectivity index (χ0) is 14.8. The van der Waals surface area contributed by atoms with E-state index in [1.54, 1.807) is 0 Å². The van der Waals surface area contributed by atoms with Gasteiger partial charge in [0.15, 0.2) is 5.69 Å². The maximum Gasteiger partial charge on any atom is 0.433 e. The van der Waals surface area contributed by atoms with Crippen LogP contribution in [0.15, 0.2) is 30.3 Å². The molecule has 5 nitrogen and oxygen atoms in total. The normalized spacial score (nSPS) is 11.2. The topological polar surface area (TPSA) is 75.9 Å². The quantitative estimate of drug-likeness (QED) is 0.459. The molecule has 0 radical (unpaired) electrons. The number of halogens is 4. The third kappa shape index (κ3) is 3.12. The van der Waals surface area contributed by atoms with E-state index in [0.717, 1.165) is 6.07 Å². The van der Waals surface area contributed by atoms with Crippen LogP contribution in [0.5, 0.6) is 0 Å². The smallest absolute Gasteiger partial charge is 0.338 e. The summed E-state index contributed by atoms with van der Waals surface area (Å²) in [6.07, 6.45) is -4.67. The Morgan fingerprint density at radius 3 is 2.40 bits per heavy atom. The van der Waals surface area contributed by atoms with Gasteiger partial charge in [-0.05, 0) is 12.1 Å². The third-order valence-corrected chi connectivity index (χ3v) is 2.28. The molecule has 0 aliphatic carbocycles. The third-order valence-electron chi connectivity index (χ3n) is 2.28. The van der Waals surface area contributed by atoms with Gasteiger partial charge < -0.3 is 5.32 Å². The first kappa shape index (κ1) is 14.0. The number of anilines is 3. The number of nitrogens with two attached hydrogens (primary N) is 1. The summed E-state index contributed by atoms with van der Waals surface area (Å²) < 4.78 is 51.3. The number of nitrogens with one attached hydrogen (secondary N) is 2. The van der Waals surface area contributed by atoms with Crippen LogP contribution >= 0.6 is 0 Å². The first-order valence-corrected chi connectivity index (χ1v) is 5.34. The van der Waals surface area contributed by atoms with E-state index in [2.05, 4.69) is 15.3 Å². The maximum atomic E-state index is 13.4. The molecule has 20 heavy (non-hydrogen) atoms. The van der Waals surface area contributed by atoms with Crippen molar-refractivity contribution in [3.05, 3.63) is 41.8 Å². The van der Waals surface area contributed by atoms with Gasteiger partial charge in [-0.3, -0.25) is 5.43 Å². The van der Waals surface area contributed by atoms with Gasteiger partial charge in [0.2, 0.25) is 5.95 Å². The summed E-state index contributed by atoms with van der Waals surface area (Å²) in [5.41, 5.74) is 0.717. The zero-order valence-corrected chi connectivity index (χ0v) is 9.87. The van der Waals surface area contributed by atoms with Crippen LogP contribution in [0.4, 0.5) is 35.0 Å². The summed E-state index contributed by atoms with van der Waals surface area (Å²) >= 11 is 0. The molecule has 2 aromatic rings. The van der Waals surface area contributed by atoms with Crippen LogP contribution in [0.3, 0.4) is 0 Å². The van der Waals surface area contributed by atoms with Crippen molar-refractivity contribution < 1.29 is 17.6 Å². The number of hydrogen-bond donors (Lipinski definition) is 3. The molecule has 0 amide bonds. The average molecular weight is 287 g/mol. The molecule has 1 heterocycles. The van der Waals surface area contributed by atoms with Crippen LogP contribution in [0.2, 0.25) is 0 Å². The van der Waals surface area contributed by atoms with E-state index in [0.29, 0.717) is 6.07 Å². The van der Waals surface area contributed by atoms with Crippen LogP contribution in [0.25, 0.3) is 0 Å². The number of rotatable bonds is 3. The fourth-order valence-corrected chi connectivity index (χ4v) is 1.42. The first-order chi connectivity index (χ1) is 9.40. The Morgan fingerprint density at radius 1 is 1.10 bits per heavy atom. The summed E-state index contributed by atoms with van der Waals surface area (Å²) in [5.74, 6) is 3.72. The van der Waals surface area contributed by atoms with Gasteiger partial charge in [0.05, 0.1) is 5.69 Å². The SMILES string of the molecule is NNc1nc(Nc2ccccc2F)cc(C(F)(F)F)n1. The predicted molar refractivity (Wildman–Crippen MR) is 64.5 cm³/mol. The minimum absolute atomic E-state index is 0.0118. The highest BCUT2D eigenvalue weighted by Gasteiger charge is 2.33. The van der Waals surface area contributed by atoms with Crippen molar-refractivity contribution in [3.8, 4) is 0 Å². The van der Waals surface area contributed by atoms with Gasteiger partial charge in [-0.15, -0.1) is 0 Å². The minimum Gasteiger partial charge on any atom is -0.338 e. The molecule has 2 rings (SSSR count). The van der Waals surface area contributed by atoms with Crippen molar-refractivity contribution in [1.29, 1.82) is 0 Å². The number of benzene rings is 1. The van der Waals surface area contributed by atoms with Gasteiger partial charge in [0.25, 0.3) is 0 Å². The van der Waals surface area contributed by atoms with Crippen molar-refractivity contribution >= 4 is 17.5 Å². The second-order valence-corrected chi connectivity index (χ2v) is 3.71. The Balaban J connectivity index is 2.39. The molecule has 1 aromatic carbocycles. The van der Waals surface area contributed by atoms with Crippen LogP contribution in [-0.4, -0.2) is 9.97 Å². The average Bonchev–Trinajstić information content (AvgIpc) is 2.40. The summed E-state index contributed by atoms with van der Waals surface area (Å²) in [5, 5.41) is 2.44. The highest BCUT2D eigenvalue weighted by molar-refractivity contribution is 5.58. The molecule has 0 spiro atoms. The van der Waals surface area contributed by atoms with Crippen molar-refractivity contribution in [2.45, 2.75) is 6.18 Å². The lowest BCUT2D eigenvalue weighted by Crippen LogP contribution is -2.16. The molecule has 0 bridgehead atoms. The number of aromatic nitrogens is 2. The Kier molecular flexibility index (Phi) is 3.70. The second kappa shape index (κ2) is 5.29. The Morgan fingerprint density at radius 2 is 1.80 bits per heavy atom. The molecule has 0 saturated carbocycles. The van der Waals surface area contributed by atoms with E-state index >= 15 is 0 Å². The minimum atomic E-state index is -4.67. The summed E-state index contributed by atoms with van der Waals surface area (Å²) in [6, 6.07) is 6.16. The Bertz CT molecular complexity index is 614. The fraction of sp³-hybridized carbons (Fsp3) is 0.0909. The van der Waals surface area contributed by atoms with E-state index in [4.69, 9.17) is 5.84 Å². The molecule has 1 aromatic heterocycles. The van der Waals surface area contributed by atoms with E-state index < -0.39 is 23.6 Å². The molecule has 0 aliphatic heterocycles. The summed E-state index contributed by atoms with van der Waals surface area (Å²) in [4.78, 5) is 6.86. The van der Waals surface area contributed by atoms with E-state index in [1.165, 1.54) is 18.2 Å². The largest absolute Gasteiger partial charge is 0.433 e. The van der Waals surface area contributed by atoms with Gasteiger partial charge in [-0.1, -0.05) is 12.1 Å². The van der Waals surface area contributed by atoms with Crippen molar-refractivity contribution in [1.82, 2.24) is 9.97 Å². The molecule has 4 N–H and O–H groups in total. The van der Waals surface area contributed by atoms with Crippen LogP contribution in [0.1, 0.15) is 5.69 Å². The monoisotopic (exact) mass is 287 g/mol. The number of nitrogen functional groups attached to an aromatic ring is 1. The number of hydrogen-bond acceptors (Lipinski definition) is 5. The summed E-state index contributed by atoms with van der Waals surface area (Å²) in [7, 11) is 0. The first-order valence-electron chi connectivity index (χ1n) is 5.34. The lowest BCUT2D eigenvalue weighted by Gasteiger charge is -2.11. The number of hydrazine groups is 1. The predicted octanol–water partition coefficient (Wildman–Crippen LogP) is 2.66. The molecule has 0 saturated heterocycles. The lowest BCUT2D eigenvalue weighted by molar-refractivity contribution is -0.141. The van der Waals surface area contributed by atoms with Gasteiger partial charge in [0.1, 0.15) is 11.6 Å². The highest BCUT2D eigenvalue weighted by atomic mass is 19.4. The van der Waals surface area contributed by atoms with Gasteiger partial charge >= 0.3 is 6.18 Å². The van der Waals surface area contributed by atoms with E-state index in [-0.39, 0.29) is 11.5 Å². The maximum absolute atomic E-state index is 13.4. The number of nitrogens with zero attached hydrogens (tertiary/aromatic N) is 2. The van der Waals surface area contributed by atoms with Gasteiger partial charge in [-0.25, -0.2) is 15.2 Å². The van der Waals surface area contributed by atoms with Gasteiger partial charge in [0, 0.05) is 6.07 Å². The van der Waals surface area contributed by atoms with E-state index in [9.17, 15) is 17.6 Å². The second-order valence-electron chi connectivity index (χ2n) is 3.71. The molecular formula is C11H9F4N5. The van der Waals surface area contributed by atoms with Crippen molar-refractivity contribution in [3.63, 3.8) is 0 Å². The molecular weight excluding hydrogens is 278 g/mol.